The number of fused-ring (bicyclic) bond motifs is 1. The van der Waals surface area contributed by atoms with Gasteiger partial charge in [0.25, 0.3) is 5.91 Å². The summed E-state index contributed by atoms with van der Waals surface area (Å²) in [5, 5.41) is 9.33. The van der Waals surface area contributed by atoms with E-state index in [1.54, 1.807) is 24.0 Å². The lowest BCUT2D eigenvalue weighted by Crippen LogP contribution is -2.37. The van der Waals surface area contributed by atoms with Crippen molar-refractivity contribution >= 4 is 5.91 Å². The molecule has 0 saturated heterocycles. The van der Waals surface area contributed by atoms with Crippen molar-refractivity contribution in [3.05, 3.63) is 29.8 Å². The molecule has 1 aliphatic rings. The second-order valence-corrected chi connectivity index (χ2v) is 3.94. The van der Waals surface area contributed by atoms with Crippen LogP contribution in [0.25, 0.3) is 0 Å². The summed E-state index contributed by atoms with van der Waals surface area (Å²) in [6.07, 6.45) is -0.519. The predicted molar refractivity (Wildman–Crippen MR) is 59.5 cm³/mol. The molecule has 1 amide bonds. The van der Waals surface area contributed by atoms with E-state index >= 15 is 0 Å². The molecule has 1 unspecified atom stereocenters. The molecule has 0 aliphatic carbocycles. The number of hydrogen-bond donors (Lipinski definition) is 1. The number of amides is 1. The van der Waals surface area contributed by atoms with Gasteiger partial charge in [-0.1, -0.05) is 12.1 Å². The molecule has 0 spiro atoms. The van der Waals surface area contributed by atoms with Gasteiger partial charge in [0.1, 0.15) is 12.4 Å². The van der Waals surface area contributed by atoms with Crippen molar-refractivity contribution in [3.8, 4) is 5.75 Å². The Labute approximate surface area is 94.4 Å². The first-order valence-electron chi connectivity index (χ1n) is 5.37. The summed E-state index contributed by atoms with van der Waals surface area (Å²) < 4.78 is 5.49. The van der Waals surface area contributed by atoms with Crippen LogP contribution in [0.5, 0.6) is 5.75 Å². The van der Waals surface area contributed by atoms with E-state index in [9.17, 15) is 9.90 Å². The highest BCUT2D eigenvalue weighted by Gasteiger charge is 2.23. The Balaban J connectivity index is 2.26. The molecule has 1 heterocycles. The molecular weight excluding hydrogens is 206 g/mol. The molecule has 0 bridgehead atoms. The maximum atomic E-state index is 12.1. The summed E-state index contributed by atoms with van der Waals surface area (Å²) >= 11 is 0. The summed E-state index contributed by atoms with van der Waals surface area (Å²) in [5.41, 5.74) is 0.570. The minimum Gasteiger partial charge on any atom is -0.491 e. The Bertz CT molecular complexity index is 390. The Hall–Kier alpha value is -1.55. The van der Waals surface area contributed by atoms with Crippen molar-refractivity contribution < 1.29 is 14.6 Å². The Morgan fingerprint density at radius 1 is 1.50 bits per heavy atom. The lowest BCUT2D eigenvalue weighted by molar-refractivity contribution is 0.0644. The summed E-state index contributed by atoms with van der Waals surface area (Å²) in [6.45, 7) is 3.00. The normalized spacial score (nSPS) is 17.4. The van der Waals surface area contributed by atoms with E-state index in [1.807, 2.05) is 12.1 Å². The third-order valence-corrected chi connectivity index (χ3v) is 2.51. The number of benzene rings is 1. The van der Waals surface area contributed by atoms with Gasteiger partial charge in [-0.15, -0.1) is 0 Å². The first-order chi connectivity index (χ1) is 7.68. The number of ether oxygens (including phenoxy) is 1. The Morgan fingerprint density at radius 2 is 2.25 bits per heavy atom. The second-order valence-electron chi connectivity index (χ2n) is 3.94. The number of carbonyl (C=O) groups is 1. The molecule has 1 aliphatic heterocycles. The third-order valence-electron chi connectivity index (χ3n) is 2.51. The van der Waals surface area contributed by atoms with E-state index < -0.39 is 6.10 Å². The van der Waals surface area contributed by atoms with Crippen LogP contribution in [0.4, 0.5) is 0 Å². The van der Waals surface area contributed by atoms with Crippen LogP contribution in [-0.2, 0) is 0 Å². The highest BCUT2D eigenvalue weighted by atomic mass is 16.5. The zero-order chi connectivity index (χ0) is 11.5. The Morgan fingerprint density at radius 3 is 3.00 bits per heavy atom. The summed E-state index contributed by atoms with van der Waals surface area (Å²) in [4.78, 5) is 13.7. The molecule has 1 N–H and O–H groups in total. The molecule has 4 heteroatoms. The molecule has 1 aromatic rings. The van der Waals surface area contributed by atoms with E-state index in [-0.39, 0.29) is 5.91 Å². The highest BCUT2D eigenvalue weighted by molar-refractivity contribution is 5.97. The van der Waals surface area contributed by atoms with Gasteiger partial charge in [-0.05, 0) is 19.1 Å². The van der Waals surface area contributed by atoms with E-state index in [1.165, 1.54) is 0 Å². The number of aliphatic hydroxyl groups excluding tert-OH is 1. The van der Waals surface area contributed by atoms with Crippen LogP contribution in [0.1, 0.15) is 17.3 Å². The largest absolute Gasteiger partial charge is 0.491 e. The minimum absolute atomic E-state index is 0.0750. The van der Waals surface area contributed by atoms with Crippen molar-refractivity contribution in [1.29, 1.82) is 0 Å². The van der Waals surface area contributed by atoms with E-state index in [4.69, 9.17) is 4.74 Å². The van der Waals surface area contributed by atoms with Gasteiger partial charge < -0.3 is 14.7 Å². The van der Waals surface area contributed by atoms with Gasteiger partial charge >= 0.3 is 0 Å². The SMILES string of the molecule is CC(O)CN1CCOc2ccccc2C1=O. The van der Waals surface area contributed by atoms with E-state index in [2.05, 4.69) is 0 Å². The van der Waals surface area contributed by atoms with Crippen LogP contribution < -0.4 is 4.74 Å². The van der Waals surface area contributed by atoms with Crippen molar-refractivity contribution in [1.82, 2.24) is 4.90 Å². The smallest absolute Gasteiger partial charge is 0.257 e. The molecule has 2 rings (SSSR count). The van der Waals surface area contributed by atoms with Crippen molar-refractivity contribution in [2.45, 2.75) is 13.0 Å². The molecular formula is C12H15NO3. The molecule has 86 valence electrons. The molecule has 0 saturated carbocycles. The lowest BCUT2D eigenvalue weighted by atomic mass is 10.1. The number of carbonyl (C=O) groups excluding carboxylic acids is 1. The number of β-amino-alcohol motifs (C(OH)–C–C–N with tert-alkyl or cyclic N) is 1. The lowest BCUT2D eigenvalue weighted by Gasteiger charge is -2.21. The monoisotopic (exact) mass is 221 g/mol. The van der Waals surface area contributed by atoms with Crippen LogP contribution in [0, 0.1) is 0 Å². The summed E-state index contributed by atoms with van der Waals surface area (Å²) in [7, 11) is 0. The van der Waals surface area contributed by atoms with Gasteiger partial charge in [-0.25, -0.2) is 0 Å². The maximum absolute atomic E-state index is 12.1. The average Bonchev–Trinajstić information content (AvgIpc) is 2.40. The fourth-order valence-corrected chi connectivity index (χ4v) is 1.80. The number of hydrogen-bond acceptors (Lipinski definition) is 3. The highest BCUT2D eigenvalue weighted by Crippen LogP contribution is 2.22. The maximum Gasteiger partial charge on any atom is 0.257 e. The number of para-hydroxylation sites is 1. The van der Waals surface area contributed by atoms with Crippen molar-refractivity contribution in [2.24, 2.45) is 0 Å². The van der Waals surface area contributed by atoms with Crippen LogP contribution in [0.2, 0.25) is 0 Å². The van der Waals surface area contributed by atoms with Crippen LogP contribution in [0.15, 0.2) is 24.3 Å². The molecule has 16 heavy (non-hydrogen) atoms. The molecule has 1 aromatic carbocycles. The summed E-state index contributed by atoms with van der Waals surface area (Å²) in [5.74, 6) is 0.551. The summed E-state index contributed by atoms with van der Waals surface area (Å²) in [6, 6.07) is 7.19. The molecule has 1 atom stereocenters. The average molecular weight is 221 g/mol. The van der Waals surface area contributed by atoms with E-state index in [0.29, 0.717) is 31.0 Å². The van der Waals surface area contributed by atoms with Crippen LogP contribution >= 0.6 is 0 Å². The van der Waals surface area contributed by atoms with Gasteiger partial charge in [0.15, 0.2) is 0 Å². The minimum atomic E-state index is -0.519. The number of rotatable bonds is 2. The standard InChI is InChI=1S/C12H15NO3/c1-9(14)8-13-6-7-16-11-5-3-2-4-10(11)12(13)15/h2-5,9,14H,6-8H2,1H3. The van der Waals surface area contributed by atoms with Gasteiger partial charge in [0.2, 0.25) is 0 Å². The molecule has 4 nitrogen and oxygen atoms in total. The van der Waals surface area contributed by atoms with E-state index in [0.717, 1.165) is 0 Å². The number of nitrogens with zero attached hydrogens (tertiary/aromatic N) is 1. The Kier molecular flexibility index (Phi) is 3.10. The van der Waals surface area contributed by atoms with Crippen molar-refractivity contribution in [2.75, 3.05) is 19.7 Å². The van der Waals surface area contributed by atoms with Crippen LogP contribution in [0.3, 0.4) is 0 Å². The van der Waals surface area contributed by atoms with Crippen molar-refractivity contribution in [3.63, 3.8) is 0 Å². The third kappa shape index (κ3) is 2.17. The fraction of sp³-hybridized carbons (Fsp3) is 0.417. The van der Waals surface area contributed by atoms with Gasteiger partial charge in [-0.3, -0.25) is 4.79 Å². The van der Waals surface area contributed by atoms with Gasteiger partial charge in [-0.2, -0.15) is 0 Å². The predicted octanol–water partition coefficient (Wildman–Crippen LogP) is 0.902. The number of aliphatic hydroxyl groups is 1. The topological polar surface area (TPSA) is 49.8 Å². The van der Waals surface area contributed by atoms with Gasteiger partial charge in [0, 0.05) is 6.54 Å². The fourth-order valence-electron chi connectivity index (χ4n) is 1.80. The zero-order valence-corrected chi connectivity index (χ0v) is 9.22. The molecule has 0 fully saturated rings. The zero-order valence-electron chi connectivity index (χ0n) is 9.22. The molecule has 0 aromatic heterocycles. The second kappa shape index (κ2) is 4.53. The first-order valence-corrected chi connectivity index (χ1v) is 5.37. The van der Waals surface area contributed by atoms with Gasteiger partial charge in [0.05, 0.1) is 18.2 Å². The first kappa shape index (κ1) is 11.0. The van der Waals surface area contributed by atoms with Crippen LogP contribution in [-0.4, -0.2) is 41.7 Å². The quantitative estimate of drug-likeness (QED) is 0.807. The molecule has 0 radical (unpaired) electrons.